The highest BCUT2D eigenvalue weighted by atomic mass is 16.5. The van der Waals surface area contributed by atoms with Gasteiger partial charge in [-0.25, -0.2) is 0 Å². The van der Waals surface area contributed by atoms with Crippen molar-refractivity contribution in [3.63, 3.8) is 0 Å². The van der Waals surface area contributed by atoms with Gasteiger partial charge in [-0.15, -0.1) is 0 Å². The Labute approximate surface area is 104 Å². The fourth-order valence-corrected chi connectivity index (χ4v) is 2.58. The van der Waals surface area contributed by atoms with Crippen LogP contribution in [0, 0.1) is 6.92 Å². The van der Waals surface area contributed by atoms with Gasteiger partial charge in [0.1, 0.15) is 0 Å². The number of hydrogen-bond donors (Lipinski definition) is 1. The van der Waals surface area contributed by atoms with E-state index in [0.717, 1.165) is 6.42 Å². The molecule has 0 bridgehead atoms. The SMILES string of the molecule is Cc1ccc(C(CN)CC2CCC(C)O2)cc1. The summed E-state index contributed by atoms with van der Waals surface area (Å²) in [5.74, 6) is 0.436. The van der Waals surface area contributed by atoms with E-state index in [1.54, 1.807) is 0 Å². The zero-order chi connectivity index (χ0) is 12.3. The predicted octanol–water partition coefficient (Wildman–Crippen LogP) is 2.99. The second-order valence-corrected chi connectivity index (χ2v) is 5.23. The highest BCUT2D eigenvalue weighted by molar-refractivity contribution is 5.25. The summed E-state index contributed by atoms with van der Waals surface area (Å²) in [5, 5.41) is 0. The minimum Gasteiger partial charge on any atom is -0.375 e. The first kappa shape index (κ1) is 12.6. The van der Waals surface area contributed by atoms with E-state index in [0.29, 0.717) is 24.7 Å². The van der Waals surface area contributed by atoms with Crippen LogP contribution in [0.4, 0.5) is 0 Å². The van der Waals surface area contributed by atoms with Gasteiger partial charge in [0.05, 0.1) is 12.2 Å². The summed E-state index contributed by atoms with van der Waals surface area (Å²) >= 11 is 0. The topological polar surface area (TPSA) is 35.2 Å². The summed E-state index contributed by atoms with van der Waals surface area (Å²) in [5.41, 5.74) is 8.55. The highest BCUT2D eigenvalue weighted by Crippen LogP contribution is 2.29. The van der Waals surface area contributed by atoms with Crippen molar-refractivity contribution in [2.24, 2.45) is 5.73 Å². The quantitative estimate of drug-likeness (QED) is 0.867. The van der Waals surface area contributed by atoms with Crippen LogP contribution in [-0.2, 0) is 4.74 Å². The maximum absolute atomic E-state index is 5.90. The Hall–Kier alpha value is -0.860. The van der Waals surface area contributed by atoms with E-state index in [1.807, 2.05) is 0 Å². The van der Waals surface area contributed by atoms with Crippen molar-refractivity contribution in [1.82, 2.24) is 0 Å². The molecular formula is C15H23NO. The second kappa shape index (κ2) is 5.65. The first-order chi connectivity index (χ1) is 8.19. The van der Waals surface area contributed by atoms with Crippen molar-refractivity contribution in [3.8, 4) is 0 Å². The Kier molecular flexibility index (Phi) is 4.19. The van der Waals surface area contributed by atoms with E-state index < -0.39 is 0 Å². The summed E-state index contributed by atoms with van der Waals surface area (Å²) in [6.07, 6.45) is 4.26. The first-order valence-corrected chi connectivity index (χ1v) is 6.61. The molecule has 2 rings (SSSR count). The van der Waals surface area contributed by atoms with Crippen molar-refractivity contribution >= 4 is 0 Å². The zero-order valence-electron chi connectivity index (χ0n) is 10.9. The van der Waals surface area contributed by atoms with Crippen LogP contribution >= 0.6 is 0 Å². The molecule has 0 saturated carbocycles. The Morgan fingerprint density at radius 1 is 1.29 bits per heavy atom. The van der Waals surface area contributed by atoms with Crippen molar-refractivity contribution in [2.45, 2.75) is 51.2 Å². The van der Waals surface area contributed by atoms with E-state index in [4.69, 9.17) is 10.5 Å². The average molecular weight is 233 g/mol. The minimum absolute atomic E-state index is 0.403. The van der Waals surface area contributed by atoms with E-state index in [1.165, 1.54) is 24.0 Å². The molecule has 1 saturated heterocycles. The lowest BCUT2D eigenvalue weighted by atomic mass is 9.92. The molecule has 0 aromatic heterocycles. The van der Waals surface area contributed by atoms with Gasteiger partial charge in [0, 0.05) is 0 Å². The standard InChI is InChI=1S/C15H23NO/c1-11-3-6-13(7-4-11)14(10-16)9-15-8-5-12(2)17-15/h3-4,6-7,12,14-15H,5,8-10,16H2,1-2H3. The summed E-state index contributed by atoms with van der Waals surface area (Å²) < 4.78 is 5.88. The van der Waals surface area contributed by atoms with E-state index >= 15 is 0 Å². The van der Waals surface area contributed by atoms with Crippen molar-refractivity contribution in [2.75, 3.05) is 6.54 Å². The molecule has 0 spiro atoms. The molecule has 3 unspecified atom stereocenters. The lowest BCUT2D eigenvalue weighted by Crippen LogP contribution is -2.19. The van der Waals surface area contributed by atoms with Crippen molar-refractivity contribution in [1.29, 1.82) is 0 Å². The van der Waals surface area contributed by atoms with Gasteiger partial charge in [-0.05, 0) is 51.1 Å². The zero-order valence-corrected chi connectivity index (χ0v) is 10.9. The molecule has 1 aliphatic rings. The third-order valence-electron chi connectivity index (χ3n) is 3.70. The van der Waals surface area contributed by atoms with Crippen LogP contribution in [0.1, 0.15) is 43.2 Å². The van der Waals surface area contributed by atoms with E-state index in [9.17, 15) is 0 Å². The highest BCUT2D eigenvalue weighted by Gasteiger charge is 2.25. The Balaban J connectivity index is 1.98. The predicted molar refractivity (Wildman–Crippen MR) is 71.2 cm³/mol. The number of rotatable bonds is 4. The van der Waals surface area contributed by atoms with Gasteiger partial charge in [-0.3, -0.25) is 0 Å². The van der Waals surface area contributed by atoms with E-state index in [-0.39, 0.29) is 0 Å². The first-order valence-electron chi connectivity index (χ1n) is 6.61. The van der Waals surface area contributed by atoms with Gasteiger partial charge in [0.25, 0.3) is 0 Å². The number of ether oxygens (including phenoxy) is 1. The fraction of sp³-hybridized carbons (Fsp3) is 0.600. The maximum atomic E-state index is 5.90. The van der Waals surface area contributed by atoms with Crippen LogP contribution < -0.4 is 5.73 Å². The van der Waals surface area contributed by atoms with E-state index in [2.05, 4.69) is 38.1 Å². The largest absolute Gasteiger partial charge is 0.375 e. The van der Waals surface area contributed by atoms with Crippen LogP contribution in [0.3, 0.4) is 0 Å². The second-order valence-electron chi connectivity index (χ2n) is 5.23. The minimum atomic E-state index is 0.403. The summed E-state index contributed by atoms with van der Waals surface area (Å²) in [4.78, 5) is 0. The summed E-state index contributed by atoms with van der Waals surface area (Å²) in [6, 6.07) is 8.72. The smallest absolute Gasteiger partial charge is 0.0586 e. The lowest BCUT2D eigenvalue weighted by Gasteiger charge is -2.20. The third kappa shape index (κ3) is 3.30. The molecule has 1 heterocycles. The Morgan fingerprint density at radius 2 is 2.00 bits per heavy atom. The molecule has 2 N–H and O–H groups in total. The molecule has 17 heavy (non-hydrogen) atoms. The number of benzene rings is 1. The van der Waals surface area contributed by atoms with Gasteiger partial charge in [0.15, 0.2) is 0 Å². The molecule has 0 amide bonds. The van der Waals surface area contributed by atoms with Crippen LogP contribution in [0.15, 0.2) is 24.3 Å². The van der Waals surface area contributed by atoms with Gasteiger partial charge in [-0.2, -0.15) is 0 Å². The molecule has 2 heteroatoms. The van der Waals surface area contributed by atoms with Gasteiger partial charge < -0.3 is 10.5 Å². The van der Waals surface area contributed by atoms with Crippen LogP contribution in [-0.4, -0.2) is 18.8 Å². The number of hydrogen-bond acceptors (Lipinski definition) is 2. The molecule has 3 atom stereocenters. The van der Waals surface area contributed by atoms with Crippen LogP contribution in [0.25, 0.3) is 0 Å². The van der Waals surface area contributed by atoms with Crippen LogP contribution in [0.2, 0.25) is 0 Å². The summed E-state index contributed by atoms with van der Waals surface area (Å²) in [6.45, 7) is 4.98. The molecule has 1 aromatic carbocycles. The van der Waals surface area contributed by atoms with Crippen LogP contribution in [0.5, 0.6) is 0 Å². The number of nitrogens with two attached hydrogens (primary N) is 1. The molecule has 0 aliphatic carbocycles. The molecule has 94 valence electrons. The molecule has 1 aliphatic heterocycles. The maximum Gasteiger partial charge on any atom is 0.0586 e. The Morgan fingerprint density at radius 3 is 2.53 bits per heavy atom. The molecule has 1 aromatic rings. The summed E-state index contributed by atoms with van der Waals surface area (Å²) in [7, 11) is 0. The third-order valence-corrected chi connectivity index (χ3v) is 3.70. The average Bonchev–Trinajstić information content (AvgIpc) is 2.73. The lowest BCUT2D eigenvalue weighted by molar-refractivity contribution is 0.0470. The van der Waals surface area contributed by atoms with Gasteiger partial charge >= 0.3 is 0 Å². The van der Waals surface area contributed by atoms with Gasteiger partial charge in [-0.1, -0.05) is 29.8 Å². The molecule has 0 radical (unpaired) electrons. The van der Waals surface area contributed by atoms with Crippen molar-refractivity contribution in [3.05, 3.63) is 35.4 Å². The Bertz CT molecular complexity index is 346. The molecule has 1 fully saturated rings. The number of aryl methyl sites for hydroxylation is 1. The monoisotopic (exact) mass is 233 g/mol. The fourth-order valence-electron chi connectivity index (χ4n) is 2.58. The molecule has 2 nitrogen and oxygen atoms in total. The molecular weight excluding hydrogens is 210 g/mol. The van der Waals surface area contributed by atoms with Crippen molar-refractivity contribution < 1.29 is 4.74 Å². The van der Waals surface area contributed by atoms with Gasteiger partial charge in [0.2, 0.25) is 0 Å². The normalized spacial score (nSPS) is 26.1.